The molecule has 1 saturated carbocycles. The van der Waals surface area contributed by atoms with E-state index in [1.165, 1.54) is 22.9 Å². The van der Waals surface area contributed by atoms with Gasteiger partial charge < -0.3 is 24.6 Å². The molecular formula is C22H24Cl2FN3O5. The zero-order chi connectivity index (χ0) is 23.2. The van der Waals surface area contributed by atoms with Crippen molar-refractivity contribution in [1.82, 2.24) is 14.8 Å². The van der Waals surface area contributed by atoms with Crippen LogP contribution >= 0.6 is 24.0 Å². The Labute approximate surface area is 200 Å². The van der Waals surface area contributed by atoms with Crippen LogP contribution in [0, 0.1) is 5.82 Å². The minimum atomic E-state index is -0.955. The average molecular weight is 500 g/mol. The summed E-state index contributed by atoms with van der Waals surface area (Å²) in [5, 5.41) is 12.9. The smallest absolute Gasteiger partial charge is 0.275 e. The first-order valence-electron chi connectivity index (χ1n) is 10.2. The Morgan fingerprint density at radius 2 is 2.06 bits per heavy atom. The number of hydrogen-bond acceptors (Lipinski definition) is 5. The molecule has 1 aliphatic carbocycles. The predicted octanol–water partition coefficient (Wildman–Crippen LogP) is 2.72. The summed E-state index contributed by atoms with van der Waals surface area (Å²) in [6.07, 6.45) is 2.53. The van der Waals surface area contributed by atoms with Gasteiger partial charge in [0.25, 0.3) is 11.8 Å². The molecule has 11 heteroatoms. The first kappa shape index (κ1) is 25.0. The second-order valence-corrected chi connectivity index (χ2v) is 8.54. The number of halogens is 3. The van der Waals surface area contributed by atoms with Gasteiger partial charge in [-0.05, 0) is 25.8 Å². The highest BCUT2D eigenvalue weighted by atomic mass is 35.5. The number of benzene rings is 1. The lowest BCUT2D eigenvalue weighted by atomic mass is 9.71. The molecule has 0 saturated heterocycles. The molecule has 2 aliphatic rings. The van der Waals surface area contributed by atoms with Crippen LogP contribution in [0.5, 0.6) is 5.75 Å². The van der Waals surface area contributed by atoms with Crippen molar-refractivity contribution in [2.45, 2.75) is 44.5 Å². The number of aromatic hydroxyl groups is 1. The van der Waals surface area contributed by atoms with Crippen molar-refractivity contribution >= 4 is 35.8 Å². The van der Waals surface area contributed by atoms with Gasteiger partial charge in [0.2, 0.25) is 5.43 Å². The molecule has 0 bridgehead atoms. The lowest BCUT2D eigenvalue weighted by Crippen LogP contribution is -2.66. The highest BCUT2D eigenvalue weighted by molar-refractivity contribution is 6.30. The van der Waals surface area contributed by atoms with E-state index in [9.17, 15) is 23.9 Å². The molecule has 2 N–H and O–H groups in total. The Balaban J connectivity index is 0.00000306. The zero-order valence-corrected chi connectivity index (χ0v) is 19.6. The average Bonchev–Trinajstić information content (AvgIpc) is 2.74. The number of ether oxygens (including phenoxy) is 1. The van der Waals surface area contributed by atoms with E-state index >= 15 is 0 Å². The third kappa shape index (κ3) is 4.09. The minimum Gasteiger partial charge on any atom is -0.503 e. The summed E-state index contributed by atoms with van der Waals surface area (Å²) in [7, 11) is 1.61. The maximum Gasteiger partial charge on any atom is 0.275 e. The molecule has 1 aliphatic heterocycles. The van der Waals surface area contributed by atoms with Gasteiger partial charge >= 0.3 is 0 Å². The monoisotopic (exact) mass is 499 g/mol. The van der Waals surface area contributed by atoms with E-state index in [0.29, 0.717) is 25.9 Å². The number of hydrogen-bond donors (Lipinski definition) is 2. The van der Waals surface area contributed by atoms with Crippen molar-refractivity contribution < 1.29 is 23.8 Å². The lowest BCUT2D eigenvalue weighted by Gasteiger charge is -2.56. The van der Waals surface area contributed by atoms with Gasteiger partial charge in [0.05, 0.1) is 16.7 Å². The van der Waals surface area contributed by atoms with Crippen molar-refractivity contribution in [2.24, 2.45) is 0 Å². The van der Waals surface area contributed by atoms with Gasteiger partial charge in [0.15, 0.2) is 11.4 Å². The molecule has 1 aromatic carbocycles. The highest BCUT2D eigenvalue weighted by Gasteiger charge is 2.54. The molecule has 2 aromatic rings. The molecule has 1 spiro atoms. The van der Waals surface area contributed by atoms with E-state index in [2.05, 4.69) is 5.32 Å². The van der Waals surface area contributed by atoms with Crippen LogP contribution in [-0.4, -0.2) is 51.7 Å². The summed E-state index contributed by atoms with van der Waals surface area (Å²) in [6, 6.07) is 4.39. The maximum absolute atomic E-state index is 14.1. The highest BCUT2D eigenvalue weighted by Crippen LogP contribution is 2.44. The minimum absolute atomic E-state index is 0. The third-order valence-corrected chi connectivity index (χ3v) is 6.61. The first-order chi connectivity index (χ1) is 15.2. The fraction of sp³-hybridized carbons (Fsp3) is 0.409. The number of rotatable bonds is 5. The molecule has 33 heavy (non-hydrogen) atoms. The van der Waals surface area contributed by atoms with Crippen molar-refractivity contribution in [3.05, 3.63) is 62.3 Å². The molecule has 178 valence electrons. The fourth-order valence-electron chi connectivity index (χ4n) is 4.65. The van der Waals surface area contributed by atoms with E-state index in [0.717, 1.165) is 0 Å². The number of nitrogens with one attached hydrogen (secondary N) is 1. The van der Waals surface area contributed by atoms with Gasteiger partial charge in [0, 0.05) is 38.5 Å². The summed E-state index contributed by atoms with van der Waals surface area (Å²) >= 11 is 5.76. The Kier molecular flexibility index (Phi) is 7.07. The summed E-state index contributed by atoms with van der Waals surface area (Å²) in [5.41, 5.74) is -1.77. The number of carbonyl (C=O) groups is 2. The van der Waals surface area contributed by atoms with E-state index in [-0.39, 0.29) is 46.9 Å². The number of amides is 2. The van der Waals surface area contributed by atoms with Crippen LogP contribution in [-0.2, 0) is 17.8 Å². The quantitative estimate of drug-likeness (QED) is 0.658. The fourth-order valence-corrected chi connectivity index (χ4v) is 4.84. The molecule has 2 heterocycles. The molecule has 1 fully saturated rings. The normalized spacial score (nSPS) is 21.3. The van der Waals surface area contributed by atoms with Crippen LogP contribution in [0.4, 0.5) is 4.39 Å². The third-order valence-electron chi connectivity index (χ3n) is 6.32. The van der Waals surface area contributed by atoms with Crippen molar-refractivity contribution in [1.29, 1.82) is 0 Å². The molecule has 4 rings (SSSR count). The number of fused-ring (bicyclic) bond motifs is 1. The van der Waals surface area contributed by atoms with E-state index in [4.69, 9.17) is 16.3 Å². The van der Waals surface area contributed by atoms with Gasteiger partial charge in [-0.2, -0.15) is 0 Å². The molecule has 2 amide bonds. The number of pyridine rings is 1. The van der Waals surface area contributed by atoms with Crippen LogP contribution in [0.25, 0.3) is 0 Å². The summed E-state index contributed by atoms with van der Waals surface area (Å²) < 4.78 is 20.9. The molecule has 0 atom stereocenters. The number of aromatic nitrogens is 1. The van der Waals surface area contributed by atoms with E-state index in [1.54, 1.807) is 18.1 Å². The SMILES string of the molecule is CCN1C(=O)c2c(O)c(=O)c(C(=O)NCc3cccc(Cl)c3F)cn2CC12CC(OC)C2.Cl. The molecule has 0 unspecified atom stereocenters. The Morgan fingerprint density at radius 3 is 2.70 bits per heavy atom. The van der Waals surface area contributed by atoms with Gasteiger partial charge in [0.1, 0.15) is 11.4 Å². The lowest BCUT2D eigenvalue weighted by molar-refractivity contribution is -0.0910. The van der Waals surface area contributed by atoms with Crippen molar-refractivity contribution in [2.75, 3.05) is 13.7 Å². The number of likely N-dealkylation sites (N-methyl/N-ethyl adjacent to an activating group) is 1. The predicted molar refractivity (Wildman–Crippen MR) is 122 cm³/mol. The molecule has 8 nitrogen and oxygen atoms in total. The largest absolute Gasteiger partial charge is 0.503 e. The van der Waals surface area contributed by atoms with Crippen LogP contribution in [0.1, 0.15) is 46.2 Å². The number of nitrogens with zero attached hydrogens (tertiary/aromatic N) is 2. The summed E-state index contributed by atoms with van der Waals surface area (Å²) in [4.78, 5) is 40.1. The Hall–Kier alpha value is -2.62. The van der Waals surface area contributed by atoms with Crippen LogP contribution < -0.4 is 10.7 Å². The van der Waals surface area contributed by atoms with E-state index in [1.807, 2.05) is 6.92 Å². The Bertz CT molecular complexity index is 1160. The van der Waals surface area contributed by atoms with Gasteiger partial charge in [-0.3, -0.25) is 14.4 Å². The summed E-state index contributed by atoms with van der Waals surface area (Å²) in [6.45, 7) is 2.37. The zero-order valence-electron chi connectivity index (χ0n) is 18.1. The van der Waals surface area contributed by atoms with Gasteiger partial charge in [-0.25, -0.2) is 4.39 Å². The van der Waals surface area contributed by atoms with Gasteiger partial charge in [-0.15, -0.1) is 12.4 Å². The second kappa shape index (κ2) is 9.32. The number of methoxy groups -OCH3 is 1. The first-order valence-corrected chi connectivity index (χ1v) is 10.6. The Morgan fingerprint density at radius 1 is 1.36 bits per heavy atom. The van der Waals surface area contributed by atoms with Crippen LogP contribution in [0.2, 0.25) is 5.02 Å². The molecule has 0 radical (unpaired) electrons. The molecule has 1 aromatic heterocycles. The van der Waals surface area contributed by atoms with Gasteiger partial charge in [-0.1, -0.05) is 23.7 Å². The molecular weight excluding hydrogens is 476 g/mol. The number of carbonyl (C=O) groups excluding carboxylic acids is 2. The summed E-state index contributed by atoms with van der Waals surface area (Å²) in [5.74, 6) is -2.68. The standard InChI is InChI=1S/C22H23ClFN3O5.ClH/c1-3-27-21(31)17-19(29)18(28)14(10-26(17)11-22(27)7-13(8-22)32-2)20(30)25-9-12-5-4-6-15(23)16(12)24;/h4-6,10,13,29H,3,7-9,11H2,1-2H3,(H,25,30);1H. The van der Waals surface area contributed by atoms with E-state index < -0.39 is 34.3 Å². The topological polar surface area (TPSA) is 101 Å². The second-order valence-electron chi connectivity index (χ2n) is 8.13. The van der Waals surface area contributed by atoms with Crippen molar-refractivity contribution in [3.63, 3.8) is 0 Å². The van der Waals surface area contributed by atoms with Crippen LogP contribution in [0.15, 0.2) is 29.2 Å². The maximum atomic E-state index is 14.1. The van der Waals surface area contributed by atoms with Crippen molar-refractivity contribution in [3.8, 4) is 5.75 Å². The van der Waals surface area contributed by atoms with Crippen LogP contribution in [0.3, 0.4) is 0 Å².